The van der Waals surface area contributed by atoms with Crippen molar-refractivity contribution in [1.82, 2.24) is 5.32 Å². The quantitative estimate of drug-likeness (QED) is 0.660. The van der Waals surface area contributed by atoms with Crippen molar-refractivity contribution >= 4 is 11.9 Å². The van der Waals surface area contributed by atoms with E-state index >= 15 is 0 Å². The van der Waals surface area contributed by atoms with Gasteiger partial charge in [-0.05, 0) is 19.3 Å². The monoisotopic (exact) mass is 213 g/mol. The summed E-state index contributed by atoms with van der Waals surface area (Å²) in [5, 5.41) is 11.2. The van der Waals surface area contributed by atoms with Crippen LogP contribution in [0.3, 0.4) is 0 Å². The van der Waals surface area contributed by atoms with Gasteiger partial charge in [-0.15, -0.1) is 0 Å². The molecule has 0 aromatic rings. The lowest BCUT2D eigenvalue weighted by molar-refractivity contribution is -0.131. The van der Waals surface area contributed by atoms with Crippen molar-refractivity contribution < 1.29 is 14.7 Å². The molecule has 4 heteroatoms. The molecule has 0 aromatic heterocycles. The van der Waals surface area contributed by atoms with Crippen LogP contribution in [-0.2, 0) is 9.59 Å². The minimum Gasteiger partial charge on any atom is -0.478 e. The molecule has 0 unspecified atom stereocenters. The van der Waals surface area contributed by atoms with E-state index in [4.69, 9.17) is 5.11 Å². The molecule has 0 fully saturated rings. The minimum atomic E-state index is -1.11. The zero-order valence-electron chi connectivity index (χ0n) is 9.54. The van der Waals surface area contributed by atoms with Crippen LogP contribution >= 0.6 is 0 Å². The maximum atomic E-state index is 11.4. The summed E-state index contributed by atoms with van der Waals surface area (Å²) in [5.41, 5.74) is -0.208. The second-order valence-electron chi connectivity index (χ2n) is 3.50. The van der Waals surface area contributed by atoms with Crippen molar-refractivity contribution in [3.8, 4) is 0 Å². The Labute approximate surface area is 90.4 Å². The van der Waals surface area contributed by atoms with Gasteiger partial charge >= 0.3 is 5.97 Å². The van der Waals surface area contributed by atoms with Crippen LogP contribution in [0.5, 0.6) is 0 Å². The Morgan fingerprint density at radius 3 is 1.93 bits per heavy atom. The summed E-state index contributed by atoms with van der Waals surface area (Å²) >= 11 is 0. The fourth-order valence-corrected chi connectivity index (χ4v) is 1.47. The highest BCUT2D eigenvalue weighted by molar-refractivity contribution is 5.94. The molecule has 86 valence electrons. The van der Waals surface area contributed by atoms with E-state index in [-0.39, 0.29) is 11.4 Å². The van der Waals surface area contributed by atoms with Crippen LogP contribution in [0.2, 0.25) is 0 Å². The molecule has 0 aliphatic heterocycles. The lowest BCUT2D eigenvalue weighted by Crippen LogP contribution is -2.46. The summed E-state index contributed by atoms with van der Waals surface area (Å²) in [6.45, 7) is 6.02. The molecule has 1 amide bonds. The highest BCUT2D eigenvalue weighted by Gasteiger charge is 2.24. The van der Waals surface area contributed by atoms with Crippen LogP contribution in [0.25, 0.3) is 0 Å². The zero-order valence-corrected chi connectivity index (χ0v) is 9.54. The van der Waals surface area contributed by atoms with Crippen LogP contribution in [0.4, 0.5) is 0 Å². The van der Waals surface area contributed by atoms with Gasteiger partial charge in [0.25, 0.3) is 0 Å². The van der Waals surface area contributed by atoms with Crippen molar-refractivity contribution in [2.24, 2.45) is 0 Å². The molecule has 0 radical (unpaired) electrons. The summed E-state index contributed by atoms with van der Waals surface area (Å²) < 4.78 is 0. The normalized spacial score (nSPS) is 11.7. The predicted molar refractivity (Wildman–Crippen MR) is 58.5 cm³/mol. The van der Waals surface area contributed by atoms with Crippen LogP contribution in [0.1, 0.15) is 40.0 Å². The smallest absolute Gasteiger partial charge is 0.328 e. The number of carboxylic acids is 1. The van der Waals surface area contributed by atoms with Gasteiger partial charge < -0.3 is 10.4 Å². The first-order valence-electron chi connectivity index (χ1n) is 5.22. The van der Waals surface area contributed by atoms with Gasteiger partial charge in [0, 0.05) is 17.7 Å². The third-order valence-corrected chi connectivity index (χ3v) is 2.80. The van der Waals surface area contributed by atoms with Crippen molar-refractivity contribution in [3.05, 3.63) is 12.2 Å². The molecule has 0 saturated carbocycles. The Hall–Kier alpha value is -1.32. The highest BCUT2D eigenvalue weighted by Crippen LogP contribution is 2.18. The van der Waals surface area contributed by atoms with Gasteiger partial charge in [0.15, 0.2) is 0 Å². The van der Waals surface area contributed by atoms with Gasteiger partial charge in [-0.1, -0.05) is 20.8 Å². The maximum Gasteiger partial charge on any atom is 0.328 e. The summed E-state index contributed by atoms with van der Waals surface area (Å²) in [4.78, 5) is 21.6. The number of carbonyl (C=O) groups is 2. The molecule has 0 atom stereocenters. The van der Waals surface area contributed by atoms with Crippen molar-refractivity contribution in [3.63, 3.8) is 0 Å². The standard InChI is InChI=1S/C11H19NO3/c1-4-11(5-2,6-3)12-9(13)7-8-10(14)15/h7-8H,4-6H2,1-3H3,(H,12,13)(H,14,15). The second kappa shape index (κ2) is 6.22. The number of hydrogen-bond acceptors (Lipinski definition) is 2. The second-order valence-corrected chi connectivity index (χ2v) is 3.50. The summed E-state index contributed by atoms with van der Waals surface area (Å²) in [6.07, 6.45) is 4.42. The van der Waals surface area contributed by atoms with Crippen LogP contribution in [-0.4, -0.2) is 22.5 Å². The van der Waals surface area contributed by atoms with Crippen LogP contribution in [0, 0.1) is 0 Å². The number of carbonyl (C=O) groups excluding carboxylic acids is 1. The van der Waals surface area contributed by atoms with Crippen molar-refractivity contribution in [2.45, 2.75) is 45.6 Å². The molecule has 0 saturated heterocycles. The van der Waals surface area contributed by atoms with Crippen LogP contribution < -0.4 is 5.32 Å². The minimum absolute atomic E-state index is 0.208. The number of rotatable bonds is 6. The molecule has 4 nitrogen and oxygen atoms in total. The molecule has 0 aliphatic carbocycles. The van der Waals surface area contributed by atoms with E-state index in [0.717, 1.165) is 31.4 Å². The molecule has 0 aromatic carbocycles. The lowest BCUT2D eigenvalue weighted by Gasteiger charge is -2.31. The first-order chi connectivity index (χ1) is 6.99. The molecule has 0 heterocycles. The number of aliphatic carboxylic acids is 1. The molecule has 0 rings (SSSR count). The van der Waals surface area contributed by atoms with Gasteiger partial charge in [0.05, 0.1) is 0 Å². The molecular weight excluding hydrogens is 194 g/mol. The van der Waals surface area contributed by atoms with E-state index < -0.39 is 5.97 Å². The topological polar surface area (TPSA) is 66.4 Å². The van der Waals surface area contributed by atoms with Gasteiger partial charge in [0.1, 0.15) is 0 Å². The van der Waals surface area contributed by atoms with Gasteiger partial charge in [-0.3, -0.25) is 4.79 Å². The summed E-state index contributed by atoms with van der Waals surface area (Å²) in [5.74, 6) is -1.46. The molecule has 0 aliphatic rings. The van der Waals surface area contributed by atoms with E-state index in [1.165, 1.54) is 0 Å². The summed E-state index contributed by atoms with van der Waals surface area (Å²) in [6, 6.07) is 0. The van der Waals surface area contributed by atoms with E-state index in [2.05, 4.69) is 5.32 Å². The molecule has 2 N–H and O–H groups in total. The number of carboxylic acid groups (broad SMARTS) is 1. The first-order valence-corrected chi connectivity index (χ1v) is 5.22. The predicted octanol–water partition coefficient (Wildman–Crippen LogP) is 1.71. The van der Waals surface area contributed by atoms with Gasteiger partial charge in [0.2, 0.25) is 5.91 Å². The van der Waals surface area contributed by atoms with Gasteiger partial charge in [-0.2, -0.15) is 0 Å². The van der Waals surface area contributed by atoms with Crippen molar-refractivity contribution in [1.29, 1.82) is 0 Å². The van der Waals surface area contributed by atoms with E-state index in [1.54, 1.807) is 0 Å². The maximum absolute atomic E-state index is 11.4. The molecular formula is C11H19NO3. The van der Waals surface area contributed by atoms with Crippen molar-refractivity contribution in [2.75, 3.05) is 0 Å². The Kier molecular flexibility index (Phi) is 5.67. The largest absolute Gasteiger partial charge is 0.478 e. The fourth-order valence-electron chi connectivity index (χ4n) is 1.47. The lowest BCUT2D eigenvalue weighted by atomic mass is 9.90. The fraction of sp³-hybridized carbons (Fsp3) is 0.636. The number of nitrogens with one attached hydrogen (secondary N) is 1. The van der Waals surface area contributed by atoms with E-state index in [1.807, 2.05) is 20.8 Å². The van der Waals surface area contributed by atoms with E-state index in [0.29, 0.717) is 0 Å². The third-order valence-electron chi connectivity index (χ3n) is 2.80. The number of hydrogen-bond donors (Lipinski definition) is 2. The third kappa shape index (κ3) is 4.63. The highest BCUT2D eigenvalue weighted by atomic mass is 16.4. The average molecular weight is 213 g/mol. The molecule has 0 spiro atoms. The first kappa shape index (κ1) is 13.7. The Morgan fingerprint density at radius 1 is 1.13 bits per heavy atom. The molecule has 0 bridgehead atoms. The zero-order chi connectivity index (χ0) is 11.9. The Bertz CT molecular complexity index is 246. The summed E-state index contributed by atoms with van der Waals surface area (Å²) in [7, 11) is 0. The molecule has 15 heavy (non-hydrogen) atoms. The van der Waals surface area contributed by atoms with Crippen LogP contribution in [0.15, 0.2) is 12.2 Å². The van der Waals surface area contributed by atoms with Gasteiger partial charge in [-0.25, -0.2) is 4.79 Å². The number of amides is 1. The van der Waals surface area contributed by atoms with E-state index in [9.17, 15) is 9.59 Å². The Morgan fingerprint density at radius 2 is 1.60 bits per heavy atom. The Balaban J connectivity index is 4.42. The SMILES string of the molecule is CCC(CC)(CC)NC(=O)C=CC(=O)O. The average Bonchev–Trinajstić information content (AvgIpc) is 2.23.